The minimum atomic E-state index is -3.61. The molecule has 6 heteroatoms. The van der Waals surface area contributed by atoms with Gasteiger partial charge >= 0.3 is 0 Å². The molecule has 0 radical (unpaired) electrons. The number of rotatable bonds is 3. The van der Waals surface area contributed by atoms with Crippen molar-refractivity contribution in [3.8, 4) is 0 Å². The summed E-state index contributed by atoms with van der Waals surface area (Å²) in [4.78, 5) is 0. The lowest BCUT2D eigenvalue weighted by Crippen LogP contribution is -2.16. The number of hydrogen-bond donors (Lipinski definition) is 0. The SMILES string of the molecule is CS(F)(F)CC1(c2ccc(Cl)cc2Cl)CO1. The summed E-state index contributed by atoms with van der Waals surface area (Å²) in [5, 5.41) is 0.869. The summed E-state index contributed by atoms with van der Waals surface area (Å²) in [5.41, 5.74) is -0.289. The minimum absolute atomic E-state index is 0.276. The molecule has 1 aromatic carbocycles. The van der Waals surface area contributed by atoms with E-state index in [1.165, 1.54) is 0 Å². The lowest BCUT2D eigenvalue weighted by Gasteiger charge is -2.21. The van der Waals surface area contributed by atoms with Crippen LogP contribution in [0, 0.1) is 0 Å². The molecule has 0 amide bonds. The average molecular weight is 287 g/mol. The number of halogens is 4. The minimum Gasteiger partial charge on any atom is -0.363 e. The van der Waals surface area contributed by atoms with Crippen LogP contribution in [0.3, 0.4) is 0 Å². The Labute approximate surface area is 105 Å². The van der Waals surface area contributed by atoms with E-state index in [9.17, 15) is 7.77 Å². The van der Waals surface area contributed by atoms with Crippen molar-refractivity contribution in [2.75, 3.05) is 18.6 Å². The molecule has 0 bridgehead atoms. The van der Waals surface area contributed by atoms with Gasteiger partial charge in [0.05, 0.1) is 23.2 Å². The third-order valence-corrected chi connectivity index (χ3v) is 3.92. The zero-order chi connectivity index (χ0) is 12.0. The summed E-state index contributed by atoms with van der Waals surface area (Å²) >= 11 is 11.7. The van der Waals surface area contributed by atoms with E-state index >= 15 is 0 Å². The Hall–Kier alpha value is -0.0300. The largest absolute Gasteiger partial charge is 0.363 e. The Kier molecular flexibility index (Phi) is 3.12. The fourth-order valence-electron chi connectivity index (χ4n) is 1.67. The van der Waals surface area contributed by atoms with Crippen LogP contribution in [0.2, 0.25) is 10.0 Å². The predicted molar refractivity (Wildman–Crippen MR) is 64.7 cm³/mol. The fraction of sp³-hybridized carbons (Fsp3) is 0.400. The van der Waals surface area contributed by atoms with E-state index in [0.717, 1.165) is 6.26 Å². The summed E-state index contributed by atoms with van der Waals surface area (Å²) in [6.45, 7) is 0.296. The van der Waals surface area contributed by atoms with Gasteiger partial charge in [-0.05, 0) is 12.1 Å². The van der Waals surface area contributed by atoms with Crippen molar-refractivity contribution in [3.63, 3.8) is 0 Å². The van der Waals surface area contributed by atoms with Crippen LogP contribution in [0.1, 0.15) is 5.56 Å². The smallest absolute Gasteiger partial charge is 0.130 e. The van der Waals surface area contributed by atoms with Gasteiger partial charge in [-0.2, -0.15) is 7.77 Å². The molecule has 0 N–H and O–H groups in total. The highest BCUT2D eigenvalue weighted by atomic mass is 35.5. The van der Waals surface area contributed by atoms with Crippen LogP contribution in [-0.2, 0) is 10.3 Å². The Bertz CT molecular complexity index is 416. The summed E-state index contributed by atoms with van der Waals surface area (Å²) < 4.78 is 31.4. The van der Waals surface area contributed by atoms with Crippen LogP contribution in [0.5, 0.6) is 0 Å². The average Bonchev–Trinajstić information content (AvgIpc) is 2.81. The normalized spacial score (nSPS) is 25.6. The molecule has 1 aliphatic heterocycles. The van der Waals surface area contributed by atoms with Gasteiger partial charge in [0.1, 0.15) is 5.60 Å². The predicted octanol–water partition coefficient (Wildman–Crippen LogP) is 4.42. The number of benzene rings is 1. The zero-order valence-electron chi connectivity index (χ0n) is 8.47. The van der Waals surface area contributed by atoms with Crippen LogP contribution in [-0.4, -0.2) is 18.6 Å². The molecule has 1 fully saturated rings. The molecule has 16 heavy (non-hydrogen) atoms. The highest BCUT2D eigenvalue weighted by Crippen LogP contribution is 2.57. The van der Waals surface area contributed by atoms with Gasteiger partial charge in [-0.1, -0.05) is 29.3 Å². The number of ether oxygens (including phenoxy) is 1. The molecule has 1 aromatic rings. The second kappa shape index (κ2) is 4.02. The number of epoxide rings is 1. The van der Waals surface area contributed by atoms with Gasteiger partial charge in [-0.15, -0.1) is 0 Å². The molecule has 0 aliphatic carbocycles. The fourth-order valence-corrected chi connectivity index (χ4v) is 3.39. The topological polar surface area (TPSA) is 12.5 Å². The van der Waals surface area contributed by atoms with Crippen molar-refractivity contribution >= 4 is 34.0 Å². The first-order chi connectivity index (χ1) is 7.32. The second-order valence-corrected chi connectivity index (χ2v) is 6.81. The van der Waals surface area contributed by atoms with Crippen LogP contribution in [0.4, 0.5) is 7.77 Å². The van der Waals surface area contributed by atoms with E-state index in [4.69, 9.17) is 27.9 Å². The maximum absolute atomic E-state index is 13.1. The first-order valence-corrected chi connectivity index (χ1v) is 7.34. The molecular weight excluding hydrogens is 277 g/mol. The van der Waals surface area contributed by atoms with Gasteiger partial charge < -0.3 is 4.74 Å². The maximum atomic E-state index is 13.1. The van der Waals surface area contributed by atoms with Crippen molar-refractivity contribution < 1.29 is 12.5 Å². The van der Waals surface area contributed by atoms with E-state index in [2.05, 4.69) is 0 Å². The quantitative estimate of drug-likeness (QED) is 0.750. The second-order valence-electron chi connectivity index (χ2n) is 3.93. The van der Waals surface area contributed by atoms with E-state index < -0.39 is 16.4 Å². The first kappa shape index (κ1) is 12.4. The molecule has 1 atom stereocenters. The molecular formula is C10H10Cl2F2OS. The zero-order valence-corrected chi connectivity index (χ0v) is 10.8. The molecule has 1 saturated heterocycles. The Morgan fingerprint density at radius 3 is 2.50 bits per heavy atom. The summed E-state index contributed by atoms with van der Waals surface area (Å²) in [6, 6.07) is 4.84. The van der Waals surface area contributed by atoms with Crippen LogP contribution in [0.15, 0.2) is 18.2 Å². The van der Waals surface area contributed by atoms with Crippen LogP contribution in [0.25, 0.3) is 0 Å². The third kappa shape index (κ3) is 2.62. The van der Waals surface area contributed by atoms with Crippen molar-refractivity contribution in [1.29, 1.82) is 0 Å². The van der Waals surface area contributed by atoms with E-state index in [0.29, 0.717) is 22.2 Å². The molecule has 0 aromatic heterocycles. The third-order valence-electron chi connectivity index (χ3n) is 2.40. The van der Waals surface area contributed by atoms with E-state index in [-0.39, 0.29) is 5.75 Å². The lowest BCUT2D eigenvalue weighted by atomic mass is 10.0. The van der Waals surface area contributed by atoms with Crippen LogP contribution < -0.4 is 0 Å². The van der Waals surface area contributed by atoms with Crippen molar-refractivity contribution in [1.82, 2.24) is 0 Å². The van der Waals surface area contributed by atoms with Gasteiger partial charge in [0.2, 0.25) is 0 Å². The van der Waals surface area contributed by atoms with Gasteiger partial charge in [0.25, 0.3) is 0 Å². The van der Waals surface area contributed by atoms with E-state index in [1.807, 2.05) is 0 Å². The van der Waals surface area contributed by atoms with Gasteiger partial charge in [0, 0.05) is 21.9 Å². The highest BCUT2D eigenvalue weighted by Gasteiger charge is 2.51. The standard InChI is InChI=1S/C10H10Cl2F2OS/c1-16(13,14)6-10(5-15-10)8-3-2-7(11)4-9(8)12/h2-4H,5-6H2,1H3. The molecule has 2 rings (SSSR count). The van der Waals surface area contributed by atoms with E-state index in [1.54, 1.807) is 18.2 Å². The van der Waals surface area contributed by atoms with Crippen molar-refractivity contribution in [2.24, 2.45) is 0 Å². The van der Waals surface area contributed by atoms with Crippen molar-refractivity contribution in [2.45, 2.75) is 5.60 Å². The van der Waals surface area contributed by atoms with Gasteiger partial charge in [0.15, 0.2) is 0 Å². The summed E-state index contributed by atoms with van der Waals surface area (Å²) in [7, 11) is -3.61. The van der Waals surface area contributed by atoms with Gasteiger partial charge in [-0.3, -0.25) is 0 Å². The Balaban J connectivity index is 2.30. The number of hydrogen-bond acceptors (Lipinski definition) is 1. The molecule has 0 spiro atoms. The van der Waals surface area contributed by atoms with Crippen molar-refractivity contribution in [3.05, 3.63) is 33.8 Å². The summed E-state index contributed by atoms with van der Waals surface area (Å²) in [6.07, 6.45) is 0.959. The molecule has 1 unspecified atom stereocenters. The maximum Gasteiger partial charge on any atom is 0.130 e. The summed E-state index contributed by atoms with van der Waals surface area (Å²) in [5.74, 6) is -0.276. The molecule has 0 saturated carbocycles. The molecule has 1 heterocycles. The first-order valence-electron chi connectivity index (χ1n) is 4.57. The Morgan fingerprint density at radius 2 is 2.06 bits per heavy atom. The molecule has 1 aliphatic rings. The Morgan fingerprint density at radius 1 is 1.44 bits per heavy atom. The monoisotopic (exact) mass is 286 g/mol. The lowest BCUT2D eigenvalue weighted by molar-refractivity contribution is 0.330. The van der Waals surface area contributed by atoms with Gasteiger partial charge in [-0.25, -0.2) is 0 Å². The molecule has 90 valence electrons. The van der Waals surface area contributed by atoms with Crippen LogP contribution >= 0.6 is 34.0 Å². The highest BCUT2D eigenvalue weighted by molar-refractivity contribution is 8.24. The molecule has 1 nitrogen and oxygen atoms in total.